The SMILES string of the molecule is N=C(N)c1ccc(OCC2CCCC2)nc1. The first-order chi connectivity index (χ1) is 7.75. The van der Waals surface area contributed by atoms with Gasteiger partial charge in [-0.15, -0.1) is 0 Å². The van der Waals surface area contributed by atoms with E-state index in [0.717, 1.165) is 6.61 Å². The summed E-state index contributed by atoms with van der Waals surface area (Å²) in [5.41, 5.74) is 5.97. The van der Waals surface area contributed by atoms with Crippen LogP contribution in [-0.4, -0.2) is 17.4 Å². The van der Waals surface area contributed by atoms with Gasteiger partial charge in [0, 0.05) is 17.8 Å². The van der Waals surface area contributed by atoms with Crippen molar-refractivity contribution in [3.8, 4) is 5.88 Å². The summed E-state index contributed by atoms with van der Waals surface area (Å²) >= 11 is 0. The van der Waals surface area contributed by atoms with Crippen molar-refractivity contribution in [2.75, 3.05) is 6.61 Å². The molecule has 1 heterocycles. The highest BCUT2D eigenvalue weighted by molar-refractivity contribution is 5.94. The summed E-state index contributed by atoms with van der Waals surface area (Å²) < 4.78 is 5.60. The largest absolute Gasteiger partial charge is 0.477 e. The van der Waals surface area contributed by atoms with Crippen LogP contribution in [0.25, 0.3) is 0 Å². The summed E-state index contributed by atoms with van der Waals surface area (Å²) in [5.74, 6) is 1.35. The van der Waals surface area contributed by atoms with Crippen molar-refractivity contribution in [3.63, 3.8) is 0 Å². The van der Waals surface area contributed by atoms with Gasteiger partial charge in [-0.3, -0.25) is 5.41 Å². The van der Waals surface area contributed by atoms with Crippen molar-refractivity contribution in [2.24, 2.45) is 11.7 Å². The molecule has 0 aliphatic heterocycles. The lowest BCUT2D eigenvalue weighted by molar-refractivity contribution is 0.243. The van der Waals surface area contributed by atoms with Gasteiger partial charge in [0.2, 0.25) is 5.88 Å². The first kappa shape index (κ1) is 10.9. The number of nitrogens with one attached hydrogen (secondary N) is 1. The Labute approximate surface area is 95.3 Å². The zero-order valence-electron chi connectivity index (χ0n) is 9.28. The second-order valence-electron chi connectivity index (χ2n) is 4.26. The number of rotatable bonds is 4. The van der Waals surface area contributed by atoms with Gasteiger partial charge in [-0.1, -0.05) is 12.8 Å². The van der Waals surface area contributed by atoms with Gasteiger partial charge < -0.3 is 10.5 Å². The second-order valence-corrected chi connectivity index (χ2v) is 4.26. The summed E-state index contributed by atoms with van der Waals surface area (Å²) in [6.45, 7) is 0.756. The van der Waals surface area contributed by atoms with Crippen LogP contribution in [-0.2, 0) is 0 Å². The Hall–Kier alpha value is -1.58. The van der Waals surface area contributed by atoms with Crippen molar-refractivity contribution in [3.05, 3.63) is 23.9 Å². The van der Waals surface area contributed by atoms with Gasteiger partial charge >= 0.3 is 0 Å². The number of nitrogens with zero attached hydrogens (tertiary/aromatic N) is 1. The molecule has 0 aromatic carbocycles. The van der Waals surface area contributed by atoms with E-state index in [0.29, 0.717) is 17.4 Å². The molecule has 1 saturated carbocycles. The van der Waals surface area contributed by atoms with Crippen LogP contribution in [0.2, 0.25) is 0 Å². The van der Waals surface area contributed by atoms with Crippen LogP contribution in [0, 0.1) is 11.3 Å². The van der Waals surface area contributed by atoms with Crippen molar-refractivity contribution in [1.29, 1.82) is 5.41 Å². The van der Waals surface area contributed by atoms with E-state index in [9.17, 15) is 0 Å². The zero-order valence-corrected chi connectivity index (χ0v) is 9.28. The highest BCUT2D eigenvalue weighted by Gasteiger charge is 2.15. The minimum absolute atomic E-state index is 0.0369. The maximum Gasteiger partial charge on any atom is 0.213 e. The highest BCUT2D eigenvalue weighted by Crippen LogP contribution is 2.25. The molecule has 2 rings (SSSR count). The molecule has 0 radical (unpaired) electrons. The number of nitrogens with two attached hydrogens (primary N) is 1. The van der Waals surface area contributed by atoms with Crippen LogP contribution in [0.4, 0.5) is 0 Å². The first-order valence-corrected chi connectivity index (χ1v) is 5.69. The Kier molecular flexibility index (Phi) is 3.39. The number of hydrogen-bond acceptors (Lipinski definition) is 3. The Morgan fingerprint density at radius 3 is 2.75 bits per heavy atom. The summed E-state index contributed by atoms with van der Waals surface area (Å²) in [5, 5.41) is 7.24. The third-order valence-electron chi connectivity index (χ3n) is 2.99. The summed E-state index contributed by atoms with van der Waals surface area (Å²) in [4.78, 5) is 4.12. The van der Waals surface area contributed by atoms with Gasteiger partial charge in [-0.2, -0.15) is 0 Å². The summed E-state index contributed by atoms with van der Waals surface area (Å²) in [6.07, 6.45) is 6.76. The molecular weight excluding hydrogens is 202 g/mol. The fourth-order valence-electron chi connectivity index (χ4n) is 2.01. The molecule has 4 heteroatoms. The van der Waals surface area contributed by atoms with Crippen molar-refractivity contribution in [1.82, 2.24) is 4.98 Å². The Morgan fingerprint density at radius 2 is 2.19 bits per heavy atom. The molecule has 0 amide bonds. The van der Waals surface area contributed by atoms with E-state index in [1.165, 1.54) is 25.7 Å². The lowest BCUT2D eigenvalue weighted by atomic mass is 10.1. The molecule has 1 aliphatic rings. The van der Waals surface area contributed by atoms with Crippen molar-refractivity contribution >= 4 is 5.84 Å². The number of hydrogen-bond donors (Lipinski definition) is 2. The van der Waals surface area contributed by atoms with Crippen LogP contribution in [0.3, 0.4) is 0 Å². The molecule has 16 heavy (non-hydrogen) atoms. The molecule has 3 N–H and O–H groups in total. The van der Waals surface area contributed by atoms with E-state index in [1.807, 2.05) is 0 Å². The fourth-order valence-corrected chi connectivity index (χ4v) is 2.01. The van der Waals surface area contributed by atoms with E-state index < -0.39 is 0 Å². The van der Waals surface area contributed by atoms with Gasteiger partial charge in [0.05, 0.1) is 6.61 Å². The minimum Gasteiger partial charge on any atom is -0.477 e. The molecular formula is C12H17N3O. The lowest BCUT2D eigenvalue weighted by Crippen LogP contribution is -2.12. The lowest BCUT2D eigenvalue weighted by Gasteiger charge is -2.10. The van der Waals surface area contributed by atoms with Crippen molar-refractivity contribution in [2.45, 2.75) is 25.7 Å². The maximum absolute atomic E-state index is 7.24. The molecule has 1 aliphatic carbocycles. The number of aromatic nitrogens is 1. The standard InChI is InChI=1S/C12H17N3O/c13-12(14)10-5-6-11(15-7-10)16-8-9-3-1-2-4-9/h5-7,9H,1-4,8H2,(H3,13,14). The molecule has 1 aromatic heterocycles. The van der Waals surface area contributed by atoms with E-state index in [-0.39, 0.29) is 5.84 Å². The molecule has 0 saturated heterocycles. The fraction of sp³-hybridized carbons (Fsp3) is 0.500. The van der Waals surface area contributed by atoms with Gasteiger partial charge in [0.1, 0.15) is 5.84 Å². The minimum atomic E-state index is 0.0369. The summed E-state index contributed by atoms with van der Waals surface area (Å²) in [6, 6.07) is 3.53. The zero-order chi connectivity index (χ0) is 11.4. The smallest absolute Gasteiger partial charge is 0.213 e. The number of pyridine rings is 1. The average molecular weight is 219 g/mol. The highest BCUT2D eigenvalue weighted by atomic mass is 16.5. The molecule has 0 spiro atoms. The molecule has 86 valence electrons. The van der Waals surface area contributed by atoms with Gasteiger partial charge in [0.25, 0.3) is 0 Å². The number of amidine groups is 1. The Balaban J connectivity index is 1.87. The molecule has 4 nitrogen and oxygen atoms in total. The normalized spacial score (nSPS) is 16.2. The van der Waals surface area contributed by atoms with Gasteiger partial charge in [-0.25, -0.2) is 4.98 Å². The third kappa shape index (κ3) is 2.72. The Bertz CT molecular complexity index is 355. The molecule has 0 atom stereocenters. The first-order valence-electron chi connectivity index (χ1n) is 5.69. The van der Waals surface area contributed by atoms with E-state index in [2.05, 4.69) is 4.98 Å². The molecule has 0 bridgehead atoms. The molecule has 1 aromatic rings. The van der Waals surface area contributed by atoms with Crippen LogP contribution in [0.15, 0.2) is 18.3 Å². The quantitative estimate of drug-likeness (QED) is 0.600. The van der Waals surface area contributed by atoms with Crippen LogP contribution in [0.5, 0.6) is 5.88 Å². The molecule has 0 unspecified atom stereocenters. The predicted octanol–water partition coefficient (Wildman–Crippen LogP) is 1.93. The van der Waals surface area contributed by atoms with Crippen LogP contribution < -0.4 is 10.5 Å². The number of nitrogen functional groups attached to an aromatic ring is 1. The average Bonchev–Trinajstić information content (AvgIpc) is 2.80. The van der Waals surface area contributed by atoms with E-state index in [1.54, 1.807) is 18.3 Å². The summed E-state index contributed by atoms with van der Waals surface area (Å²) in [7, 11) is 0. The molecule has 1 fully saturated rings. The maximum atomic E-state index is 7.24. The van der Waals surface area contributed by atoms with Gasteiger partial charge in [-0.05, 0) is 24.8 Å². The van der Waals surface area contributed by atoms with E-state index >= 15 is 0 Å². The topological polar surface area (TPSA) is 72.0 Å². The van der Waals surface area contributed by atoms with Gasteiger partial charge in [0.15, 0.2) is 0 Å². The Morgan fingerprint density at radius 1 is 1.44 bits per heavy atom. The third-order valence-corrected chi connectivity index (χ3v) is 2.99. The predicted molar refractivity (Wildman–Crippen MR) is 62.7 cm³/mol. The van der Waals surface area contributed by atoms with Crippen LogP contribution >= 0.6 is 0 Å². The van der Waals surface area contributed by atoms with Crippen molar-refractivity contribution < 1.29 is 4.74 Å². The van der Waals surface area contributed by atoms with Crippen LogP contribution in [0.1, 0.15) is 31.2 Å². The monoisotopic (exact) mass is 219 g/mol. The second kappa shape index (κ2) is 4.96. The number of ether oxygens (including phenoxy) is 1. The van der Waals surface area contributed by atoms with E-state index in [4.69, 9.17) is 15.9 Å².